The Morgan fingerprint density at radius 3 is 2.55 bits per heavy atom. The average Bonchev–Trinajstić information content (AvgIpc) is 2.51. The predicted molar refractivity (Wildman–Crippen MR) is 85.9 cm³/mol. The third-order valence-corrected chi connectivity index (χ3v) is 3.32. The number of unbranched alkanes of at least 4 members (excludes halogenated alkanes) is 1. The summed E-state index contributed by atoms with van der Waals surface area (Å²) in [5.74, 6) is 0.210. The van der Waals surface area contributed by atoms with E-state index in [1.807, 2.05) is 0 Å². The van der Waals surface area contributed by atoms with Crippen molar-refractivity contribution in [1.82, 2.24) is 0 Å². The number of ether oxygens (including phenoxy) is 1. The average molecular weight is 301 g/mol. The van der Waals surface area contributed by atoms with Crippen LogP contribution in [0.4, 0.5) is 10.1 Å². The fourth-order valence-electron chi connectivity index (χ4n) is 2.00. The molecule has 0 bridgehead atoms. The minimum absolute atomic E-state index is 0.227. The number of nitrogens with one attached hydrogen (secondary N) is 1. The van der Waals surface area contributed by atoms with Crippen molar-refractivity contribution < 1.29 is 13.9 Å². The predicted octanol–water partition coefficient (Wildman–Crippen LogP) is 4.57. The van der Waals surface area contributed by atoms with Crippen LogP contribution in [-0.4, -0.2) is 12.5 Å². The van der Waals surface area contributed by atoms with Crippen molar-refractivity contribution >= 4 is 11.6 Å². The molecule has 0 fully saturated rings. The van der Waals surface area contributed by atoms with Crippen LogP contribution in [0.1, 0.15) is 35.7 Å². The topological polar surface area (TPSA) is 38.3 Å². The first-order valence-electron chi connectivity index (χ1n) is 7.40. The molecule has 2 rings (SSSR count). The van der Waals surface area contributed by atoms with Crippen LogP contribution in [0.15, 0.2) is 42.5 Å². The molecular weight excluding hydrogens is 281 g/mol. The van der Waals surface area contributed by atoms with Crippen LogP contribution >= 0.6 is 0 Å². The Kier molecular flexibility index (Phi) is 5.53. The molecule has 22 heavy (non-hydrogen) atoms. The van der Waals surface area contributed by atoms with Gasteiger partial charge in [0.05, 0.1) is 6.61 Å². The molecule has 2 aromatic rings. The molecule has 0 atom stereocenters. The highest BCUT2D eigenvalue weighted by molar-refractivity contribution is 6.04. The molecule has 0 spiro atoms. The zero-order valence-electron chi connectivity index (χ0n) is 12.9. The lowest BCUT2D eigenvalue weighted by molar-refractivity contribution is 0.102. The van der Waals surface area contributed by atoms with E-state index in [9.17, 15) is 9.18 Å². The van der Waals surface area contributed by atoms with Crippen LogP contribution in [0.2, 0.25) is 0 Å². The number of hydrogen-bond acceptors (Lipinski definition) is 2. The molecular formula is C18H20FNO2. The Balaban J connectivity index is 2.00. The second kappa shape index (κ2) is 7.59. The van der Waals surface area contributed by atoms with Gasteiger partial charge in [-0.1, -0.05) is 13.3 Å². The number of aryl methyl sites for hydroxylation is 1. The number of benzene rings is 2. The van der Waals surface area contributed by atoms with E-state index < -0.39 is 0 Å². The number of carbonyl (C=O) groups excluding carboxylic acids is 1. The smallest absolute Gasteiger partial charge is 0.255 e. The molecule has 0 aliphatic heterocycles. The summed E-state index contributed by atoms with van der Waals surface area (Å²) in [5, 5.41) is 2.78. The maximum Gasteiger partial charge on any atom is 0.255 e. The summed E-state index contributed by atoms with van der Waals surface area (Å²) in [6, 6.07) is 11.3. The molecule has 0 aliphatic carbocycles. The maximum absolute atomic E-state index is 13.1. The molecule has 0 aliphatic rings. The van der Waals surface area contributed by atoms with Crippen molar-refractivity contribution in [2.24, 2.45) is 0 Å². The molecule has 0 heterocycles. The van der Waals surface area contributed by atoms with Gasteiger partial charge in [0.25, 0.3) is 5.91 Å². The second-order valence-electron chi connectivity index (χ2n) is 5.14. The van der Waals surface area contributed by atoms with Gasteiger partial charge < -0.3 is 10.1 Å². The molecule has 1 N–H and O–H groups in total. The molecule has 2 aromatic carbocycles. The van der Waals surface area contributed by atoms with Gasteiger partial charge in [-0.05, 0) is 61.4 Å². The van der Waals surface area contributed by atoms with E-state index in [2.05, 4.69) is 12.2 Å². The van der Waals surface area contributed by atoms with Gasteiger partial charge in [0, 0.05) is 11.3 Å². The Hall–Kier alpha value is -2.36. The fraction of sp³-hybridized carbons (Fsp3) is 0.278. The Morgan fingerprint density at radius 1 is 1.18 bits per heavy atom. The Bertz CT molecular complexity index is 638. The van der Waals surface area contributed by atoms with Crippen LogP contribution in [0, 0.1) is 12.7 Å². The SMILES string of the molecule is CCCCOc1ccc(C(=O)Nc2ccc(F)cc2C)cc1. The zero-order chi connectivity index (χ0) is 15.9. The van der Waals surface area contributed by atoms with E-state index in [4.69, 9.17) is 4.74 Å². The largest absolute Gasteiger partial charge is 0.494 e. The Morgan fingerprint density at radius 2 is 1.91 bits per heavy atom. The van der Waals surface area contributed by atoms with Gasteiger partial charge in [-0.25, -0.2) is 4.39 Å². The van der Waals surface area contributed by atoms with Crippen molar-refractivity contribution in [3.8, 4) is 5.75 Å². The summed E-state index contributed by atoms with van der Waals surface area (Å²) >= 11 is 0. The van der Waals surface area contributed by atoms with Crippen LogP contribution in [-0.2, 0) is 0 Å². The quantitative estimate of drug-likeness (QED) is 0.794. The second-order valence-corrected chi connectivity index (χ2v) is 5.14. The van der Waals surface area contributed by atoms with E-state index >= 15 is 0 Å². The normalized spacial score (nSPS) is 10.3. The van der Waals surface area contributed by atoms with Crippen molar-refractivity contribution in [3.63, 3.8) is 0 Å². The summed E-state index contributed by atoms with van der Waals surface area (Å²) in [6.45, 7) is 4.54. The van der Waals surface area contributed by atoms with Crippen molar-refractivity contribution in [2.45, 2.75) is 26.7 Å². The summed E-state index contributed by atoms with van der Waals surface area (Å²) in [6.07, 6.45) is 2.09. The molecule has 0 aromatic heterocycles. The van der Waals surface area contributed by atoms with E-state index in [1.54, 1.807) is 37.3 Å². The number of rotatable bonds is 6. The van der Waals surface area contributed by atoms with Gasteiger partial charge in [-0.3, -0.25) is 4.79 Å². The van der Waals surface area contributed by atoms with Crippen molar-refractivity contribution in [3.05, 3.63) is 59.4 Å². The first-order valence-corrected chi connectivity index (χ1v) is 7.40. The van der Waals surface area contributed by atoms with Gasteiger partial charge in [0.15, 0.2) is 0 Å². The third kappa shape index (κ3) is 4.32. The van der Waals surface area contributed by atoms with Crippen molar-refractivity contribution in [1.29, 1.82) is 0 Å². The lowest BCUT2D eigenvalue weighted by atomic mass is 10.1. The molecule has 0 radical (unpaired) electrons. The number of anilines is 1. The van der Waals surface area contributed by atoms with Gasteiger partial charge in [-0.15, -0.1) is 0 Å². The minimum Gasteiger partial charge on any atom is -0.494 e. The van der Waals surface area contributed by atoms with E-state index in [0.717, 1.165) is 18.6 Å². The summed E-state index contributed by atoms with van der Waals surface area (Å²) in [4.78, 5) is 12.2. The van der Waals surface area contributed by atoms with Crippen LogP contribution < -0.4 is 10.1 Å². The summed E-state index contributed by atoms with van der Waals surface area (Å²) in [5.41, 5.74) is 1.83. The van der Waals surface area contributed by atoms with Gasteiger partial charge in [0.1, 0.15) is 11.6 Å². The monoisotopic (exact) mass is 301 g/mol. The standard InChI is InChI=1S/C18H20FNO2/c1-3-4-11-22-16-8-5-14(6-9-16)18(21)20-17-10-7-15(19)12-13(17)2/h5-10,12H,3-4,11H2,1-2H3,(H,20,21). The van der Waals surface area contributed by atoms with Crippen LogP contribution in [0.25, 0.3) is 0 Å². The van der Waals surface area contributed by atoms with Gasteiger partial charge in [-0.2, -0.15) is 0 Å². The molecule has 0 unspecified atom stereocenters. The van der Waals surface area contributed by atoms with Crippen LogP contribution in [0.5, 0.6) is 5.75 Å². The zero-order valence-corrected chi connectivity index (χ0v) is 12.9. The first-order chi connectivity index (χ1) is 10.6. The third-order valence-electron chi connectivity index (χ3n) is 3.32. The van der Waals surface area contributed by atoms with Crippen molar-refractivity contribution in [2.75, 3.05) is 11.9 Å². The number of amides is 1. The highest BCUT2D eigenvalue weighted by atomic mass is 19.1. The fourth-order valence-corrected chi connectivity index (χ4v) is 2.00. The summed E-state index contributed by atoms with van der Waals surface area (Å²) < 4.78 is 18.6. The lowest BCUT2D eigenvalue weighted by Gasteiger charge is -2.09. The van der Waals surface area contributed by atoms with Gasteiger partial charge >= 0.3 is 0 Å². The van der Waals surface area contributed by atoms with E-state index in [1.165, 1.54) is 12.1 Å². The molecule has 4 heteroatoms. The minimum atomic E-state index is -0.316. The van der Waals surface area contributed by atoms with E-state index in [0.29, 0.717) is 23.4 Å². The molecule has 3 nitrogen and oxygen atoms in total. The maximum atomic E-state index is 13.1. The molecule has 0 saturated carbocycles. The lowest BCUT2D eigenvalue weighted by Crippen LogP contribution is -2.12. The first kappa shape index (κ1) is 16.0. The summed E-state index contributed by atoms with van der Waals surface area (Å²) in [7, 11) is 0. The highest BCUT2D eigenvalue weighted by Gasteiger charge is 2.08. The number of carbonyl (C=O) groups is 1. The van der Waals surface area contributed by atoms with Crippen LogP contribution in [0.3, 0.4) is 0 Å². The molecule has 116 valence electrons. The van der Waals surface area contributed by atoms with E-state index in [-0.39, 0.29) is 11.7 Å². The molecule has 1 amide bonds. The Labute approximate surface area is 130 Å². The number of halogens is 1. The molecule has 0 saturated heterocycles. The van der Waals surface area contributed by atoms with Gasteiger partial charge in [0.2, 0.25) is 0 Å². The highest BCUT2D eigenvalue weighted by Crippen LogP contribution is 2.18. The number of hydrogen-bond donors (Lipinski definition) is 1.